The van der Waals surface area contributed by atoms with Crippen molar-refractivity contribution in [3.05, 3.63) is 177 Å². The number of rotatable bonds is 14. The van der Waals surface area contributed by atoms with Crippen molar-refractivity contribution < 1.29 is 33.3 Å². The molecule has 2 aliphatic carbocycles. The average molecular weight is 964 g/mol. The second-order valence-electron chi connectivity index (χ2n) is 20.8. The van der Waals surface area contributed by atoms with E-state index in [1.165, 1.54) is 94.6 Å². The molecule has 1 atom stereocenters. The van der Waals surface area contributed by atoms with Crippen LogP contribution in [-0.2, 0) is 15.1 Å². The fourth-order valence-corrected chi connectivity index (χ4v) is 12.1. The number of fused-ring (bicyclic) bond motifs is 3. The Balaban J connectivity index is 0.788. The number of hydrogen-bond donors (Lipinski definition) is 0. The van der Waals surface area contributed by atoms with Gasteiger partial charge in [0.25, 0.3) is 0 Å². The fraction of sp³-hybridized carbons (Fsp3) is 0.391. The molecule has 2 aliphatic heterocycles. The molecule has 2 saturated carbocycles. The minimum atomic E-state index is -0.991. The molecule has 6 aromatic carbocycles. The summed E-state index contributed by atoms with van der Waals surface area (Å²) in [6.07, 6.45) is 21.1. The molecule has 2 heterocycles. The Morgan fingerprint density at radius 1 is 0.653 bits per heavy atom. The number of carbonyl (C=O) groups is 3. The standard InChI is InChI=1S/C64H69NO7/c1-4-5-8-13-44-16-18-45(19-17-44)46-20-22-49(23-21-46)61(66)70-54-33-24-47(25-34-54)48-26-35-55(36-27-48)71-62(67)50-28-37-56-58(42-50)43(2)59(63(68)69-3)57-38-39-64(72-60(56)57,51-14-9-6-10-15-51)52-29-31-53(32-30-52)65-40-11-7-12-41-65/h6,9-10,14-15,20-25,28-34,37-39,42,44-45,48,55H,4-5,7-8,11-13,16-19,26-27,35-36,40-41H2,1-3H3/t44-,45-,48?,55?,64?. The number of hydrogen-bond acceptors (Lipinski definition) is 8. The third kappa shape index (κ3) is 10.3. The maximum Gasteiger partial charge on any atom is 0.343 e. The number of aryl methyl sites for hydroxylation is 1. The van der Waals surface area contributed by atoms with Gasteiger partial charge in [-0.25, -0.2) is 14.4 Å². The van der Waals surface area contributed by atoms with Crippen molar-refractivity contribution in [2.45, 2.75) is 134 Å². The van der Waals surface area contributed by atoms with Crippen molar-refractivity contribution in [1.29, 1.82) is 0 Å². The second-order valence-corrected chi connectivity index (χ2v) is 20.8. The van der Waals surface area contributed by atoms with Gasteiger partial charge in [-0.15, -0.1) is 0 Å². The Morgan fingerprint density at radius 2 is 1.29 bits per heavy atom. The lowest BCUT2D eigenvalue weighted by Gasteiger charge is -2.38. The summed E-state index contributed by atoms with van der Waals surface area (Å²) < 4.78 is 24.7. The highest BCUT2D eigenvalue weighted by Crippen LogP contribution is 2.48. The van der Waals surface area contributed by atoms with Gasteiger partial charge in [0.15, 0.2) is 5.60 Å². The van der Waals surface area contributed by atoms with Crippen LogP contribution in [0.15, 0.2) is 127 Å². The molecule has 1 unspecified atom stereocenters. The topological polar surface area (TPSA) is 91.4 Å². The molecule has 8 nitrogen and oxygen atoms in total. The average Bonchev–Trinajstić information content (AvgIpc) is 3.44. The Morgan fingerprint density at radius 3 is 1.96 bits per heavy atom. The van der Waals surface area contributed by atoms with E-state index in [0.29, 0.717) is 51.2 Å². The summed E-state index contributed by atoms with van der Waals surface area (Å²) in [6.45, 7) is 6.28. The van der Waals surface area contributed by atoms with Crippen molar-refractivity contribution >= 4 is 40.4 Å². The van der Waals surface area contributed by atoms with Gasteiger partial charge in [0.05, 0.1) is 23.8 Å². The van der Waals surface area contributed by atoms with Crippen molar-refractivity contribution in [2.24, 2.45) is 5.92 Å². The van der Waals surface area contributed by atoms with E-state index in [1.807, 2.05) is 73.7 Å². The predicted octanol–water partition coefficient (Wildman–Crippen LogP) is 15.2. The third-order valence-corrected chi connectivity index (χ3v) is 16.3. The summed E-state index contributed by atoms with van der Waals surface area (Å²) in [4.78, 5) is 43.2. The van der Waals surface area contributed by atoms with E-state index in [-0.39, 0.29) is 12.1 Å². The van der Waals surface area contributed by atoms with Gasteiger partial charge in [-0.3, -0.25) is 0 Å². The van der Waals surface area contributed by atoms with E-state index >= 15 is 0 Å². The van der Waals surface area contributed by atoms with Gasteiger partial charge in [-0.1, -0.05) is 99.3 Å². The van der Waals surface area contributed by atoms with E-state index in [0.717, 1.165) is 66.6 Å². The molecule has 0 N–H and O–H groups in total. The molecule has 1 saturated heterocycles. The van der Waals surface area contributed by atoms with Crippen molar-refractivity contribution in [2.75, 3.05) is 25.1 Å². The van der Waals surface area contributed by atoms with Crippen LogP contribution in [0.5, 0.6) is 11.5 Å². The molecule has 8 heteroatoms. The number of anilines is 1. The van der Waals surface area contributed by atoms with Crippen molar-refractivity contribution in [3.63, 3.8) is 0 Å². The highest BCUT2D eigenvalue weighted by molar-refractivity contribution is 6.08. The summed E-state index contributed by atoms with van der Waals surface area (Å²) >= 11 is 0. The Kier molecular flexibility index (Phi) is 14.9. The van der Waals surface area contributed by atoms with Crippen LogP contribution in [-0.4, -0.2) is 44.2 Å². The summed E-state index contributed by atoms with van der Waals surface area (Å²) in [7, 11) is 1.39. The molecular weight excluding hydrogens is 895 g/mol. The van der Waals surface area contributed by atoms with Gasteiger partial charge in [-0.05, 0) is 184 Å². The number of piperidine rings is 1. The summed E-state index contributed by atoms with van der Waals surface area (Å²) in [6, 6.07) is 40.3. The summed E-state index contributed by atoms with van der Waals surface area (Å²) in [5.74, 6) is 1.62. The molecule has 0 bridgehead atoms. The van der Waals surface area contributed by atoms with Crippen LogP contribution in [0.25, 0.3) is 16.8 Å². The molecule has 0 aromatic heterocycles. The number of methoxy groups -OCH3 is 1. The highest BCUT2D eigenvalue weighted by atomic mass is 16.5. The van der Waals surface area contributed by atoms with Crippen LogP contribution in [0.3, 0.4) is 0 Å². The van der Waals surface area contributed by atoms with Crippen LogP contribution in [0.1, 0.15) is 180 Å². The van der Waals surface area contributed by atoms with Crippen molar-refractivity contribution in [3.8, 4) is 11.5 Å². The van der Waals surface area contributed by atoms with E-state index in [1.54, 1.807) is 6.07 Å². The first-order valence-electron chi connectivity index (χ1n) is 26.8. The molecule has 372 valence electrons. The molecule has 0 spiro atoms. The minimum Gasteiger partial charge on any atom is -0.472 e. The SMILES string of the molecule is CCCCC[C@H]1CC[C@H](c2ccc(C(=O)Oc3ccc(C4CCC(OC(=O)c5ccc6c7c(c(C(=O)OC)c(C)c6c5)C=CC(c5ccccc5)(c5ccc(N6CCCCC6)cc5)O7)CC4)cc3)cc2)CC1. The molecule has 72 heavy (non-hydrogen) atoms. The quantitative estimate of drug-likeness (QED) is 0.0606. The first kappa shape index (κ1) is 48.9. The van der Waals surface area contributed by atoms with E-state index in [4.69, 9.17) is 18.9 Å². The lowest BCUT2D eigenvalue weighted by atomic mass is 9.77. The second kappa shape index (κ2) is 22.0. The number of benzene rings is 6. The number of carbonyl (C=O) groups excluding carboxylic acids is 3. The van der Waals surface area contributed by atoms with Gasteiger partial charge >= 0.3 is 17.9 Å². The van der Waals surface area contributed by atoms with Crippen LogP contribution >= 0.6 is 0 Å². The van der Waals surface area contributed by atoms with Crippen LogP contribution < -0.4 is 14.4 Å². The first-order chi connectivity index (χ1) is 35.2. The molecular formula is C64H69NO7. The third-order valence-electron chi connectivity index (χ3n) is 16.3. The van der Waals surface area contributed by atoms with Crippen molar-refractivity contribution in [1.82, 2.24) is 0 Å². The van der Waals surface area contributed by atoms with Crippen LogP contribution in [0.4, 0.5) is 5.69 Å². The van der Waals surface area contributed by atoms with E-state index < -0.39 is 17.5 Å². The van der Waals surface area contributed by atoms with Gasteiger partial charge in [0.1, 0.15) is 17.6 Å². The zero-order valence-corrected chi connectivity index (χ0v) is 42.3. The van der Waals surface area contributed by atoms with Gasteiger partial charge < -0.3 is 23.8 Å². The number of unbranched alkanes of at least 4 members (excludes halogenated alkanes) is 2. The Bertz CT molecular complexity index is 2880. The van der Waals surface area contributed by atoms with E-state index in [9.17, 15) is 14.4 Å². The molecule has 0 radical (unpaired) electrons. The fourth-order valence-electron chi connectivity index (χ4n) is 12.1. The molecule has 3 fully saturated rings. The molecule has 4 aliphatic rings. The zero-order valence-electron chi connectivity index (χ0n) is 42.3. The highest BCUT2D eigenvalue weighted by Gasteiger charge is 2.40. The lowest BCUT2D eigenvalue weighted by molar-refractivity contribution is 0.0195. The van der Waals surface area contributed by atoms with Crippen LogP contribution in [0, 0.1) is 12.8 Å². The Hall–Kier alpha value is -6.67. The largest absolute Gasteiger partial charge is 0.472 e. The monoisotopic (exact) mass is 964 g/mol. The lowest BCUT2D eigenvalue weighted by Crippen LogP contribution is -2.35. The molecule has 10 rings (SSSR count). The van der Waals surface area contributed by atoms with Gasteiger partial charge in [0.2, 0.25) is 0 Å². The Labute approximate surface area is 425 Å². The van der Waals surface area contributed by atoms with Gasteiger partial charge in [-0.2, -0.15) is 0 Å². The van der Waals surface area contributed by atoms with Crippen LogP contribution in [0.2, 0.25) is 0 Å². The minimum absolute atomic E-state index is 0.224. The van der Waals surface area contributed by atoms with E-state index in [2.05, 4.69) is 72.5 Å². The first-order valence-corrected chi connectivity index (χ1v) is 26.8. The normalized spacial score (nSPS) is 21.8. The molecule has 0 amide bonds. The zero-order chi connectivity index (χ0) is 49.6. The number of esters is 3. The maximum absolute atomic E-state index is 14.0. The summed E-state index contributed by atoms with van der Waals surface area (Å²) in [5.41, 5.74) is 7.36. The maximum atomic E-state index is 14.0. The number of nitrogens with zero attached hydrogens (tertiary/aromatic N) is 1. The number of ether oxygens (including phenoxy) is 4. The molecule has 6 aromatic rings. The van der Waals surface area contributed by atoms with Gasteiger partial charge in [0, 0.05) is 40.9 Å². The predicted molar refractivity (Wildman–Crippen MR) is 287 cm³/mol. The summed E-state index contributed by atoms with van der Waals surface area (Å²) in [5, 5.41) is 1.51. The smallest absolute Gasteiger partial charge is 0.343 e.